The van der Waals surface area contributed by atoms with Crippen LogP contribution in [0.4, 0.5) is 5.82 Å². The second-order valence-electron chi connectivity index (χ2n) is 5.78. The number of carbonyl (C=O) groups excluding carboxylic acids is 1. The van der Waals surface area contributed by atoms with Crippen LogP contribution < -0.4 is 10.1 Å². The maximum atomic E-state index is 12.0. The number of nitrogens with zero attached hydrogens (tertiary/aromatic N) is 2. The van der Waals surface area contributed by atoms with E-state index in [-0.39, 0.29) is 12.3 Å². The minimum Gasteiger partial charge on any atom is -0.489 e. The van der Waals surface area contributed by atoms with Gasteiger partial charge in [0.1, 0.15) is 23.9 Å². The van der Waals surface area contributed by atoms with Crippen molar-refractivity contribution in [1.29, 1.82) is 0 Å². The fourth-order valence-corrected chi connectivity index (χ4v) is 2.36. The first-order valence-electron chi connectivity index (χ1n) is 7.88. The first-order chi connectivity index (χ1) is 12.0. The smallest absolute Gasteiger partial charge is 0.230 e. The monoisotopic (exact) mass is 341 g/mol. The lowest BCUT2D eigenvalue weighted by molar-refractivity contribution is -0.115. The molecule has 1 amide bonds. The Kier molecular flexibility index (Phi) is 4.83. The molecule has 2 aromatic heterocycles. The van der Waals surface area contributed by atoms with Crippen molar-refractivity contribution in [1.82, 2.24) is 10.3 Å². The molecule has 0 aliphatic carbocycles. The summed E-state index contributed by atoms with van der Waals surface area (Å²) in [5.74, 6) is 2.39. The second-order valence-corrected chi connectivity index (χ2v) is 5.78. The molecular weight excluding hydrogens is 322 g/mol. The average Bonchev–Trinajstić information content (AvgIpc) is 3.12. The minimum absolute atomic E-state index is 0.155. The molecule has 1 N–H and O–H groups in total. The van der Waals surface area contributed by atoms with Crippen LogP contribution in [0.1, 0.15) is 28.3 Å². The molecule has 0 spiro atoms. The van der Waals surface area contributed by atoms with Gasteiger partial charge in [-0.1, -0.05) is 22.4 Å². The standard InChI is InChI=1S/C18H19N3O4/c1-11-8-17(21-24-11)19-18(22)9-14-4-6-15(7-5-14)23-10-16-12(2)20-25-13(16)3/h4-8H,9-10H2,1-3H3,(H,19,21,22). The summed E-state index contributed by atoms with van der Waals surface area (Å²) in [6.45, 7) is 5.90. The summed E-state index contributed by atoms with van der Waals surface area (Å²) in [6, 6.07) is 9.05. The topological polar surface area (TPSA) is 90.4 Å². The minimum atomic E-state index is -0.155. The number of nitrogens with one attached hydrogen (secondary N) is 1. The third kappa shape index (κ3) is 4.26. The van der Waals surface area contributed by atoms with E-state index in [4.69, 9.17) is 13.8 Å². The fourth-order valence-electron chi connectivity index (χ4n) is 2.36. The number of aromatic nitrogens is 2. The first-order valence-corrected chi connectivity index (χ1v) is 7.88. The Hall–Kier alpha value is -3.09. The number of amides is 1. The Bertz CT molecular complexity index is 845. The van der Waals surface area contributed by atoms with Gasteiger partial charge in [-0.25, -0.2) is 0 Å². The lowest BCUT2D eigenvalue weighted by Gasteiger charge is -2.07. The van der Waals surface area contributed by atoms with Crippen LogP contribution in [-0.2, 0) is 17.8 Å². The van der Waals surface area contributed by atoms with Crippen LogP contribution >= 0.6 is 0 Å². The van der Waals surface area contributed by atoms with E-state index in [0.717, 1.165) is 28.3 Å². The second kappa shape index (κ2) is 7.21. The van der Waals surface area contributed by atoms with Crippen molar-refractivity contribution in [3.63, 3.8) is 0 Å². The SMILES string of the molecule is Cc1cc(NC(=O)Cc2ccc(OCc3c(C)noc3C)cc2)no1. The number of anilines is 1. The summed E-state index contributed by atoms with van der Waals surface area (Å²) in [4.78, 5) is 12.0. The van der Waals surface area contributed by atoms with E-state index in [1.807, 2.05) is 38.1 Å². The molecule has 0 unspecified atom stereocenters. The van der Waals surface area contributed by atoms with Gasteiger partial charge in [-0.3, -0.25) is 4.79 Å². The van der Waals surface area contributed by atoms with Crippen molar-refractivity contribution < 1.29 is 18.6 Å². The van der Waals surface area contributed by atoms with E-state index < -0.39 is 0 Å². The zero-order chi connectivity index (χ0) is 17.8. The number of hydrogen-bond acceptors (Lipinski definition) is 6. The van der Waals surface area contributed by atoms with Crippen molar-refractivity contribution in [3.8, 4) is 5.75 Å². The van der Waals surface area contributed by atoms with Crippen LogP contribution in [0.25, 0.3) is 0 Å². The summed E-state index contributed by atoms with van der Waals surface area (Å²) in [7, 11) is 0. The molecule has 0 saturated carbocycles. The molecule has 130 valence electrons. The molecule has 3 aromatic rings. The number of rotatable bonds is 6. The van der Waals surface area contributed by atoms with Gasteiger partial charge >= 0.3 is 0 Å². The van der Waals surface area contributed by atoms with E-state index in [2.05, 4.69) is 15.6 Å². The summed E-state index contributed by atoms with van der Waals surface area (Å²) in [5, 5.41) is 10.3. The molecule has 0 fully saturated rings. The molecule has 0 aliphatic heterocycles. The Morgan fingerprint density at radius 2 is 1.88 bits per heavy atom. The van der Waals surface area contributed by atoms with Crippen molar-refractivity contribution in [2.24, 2.45) is 0 Å². The van der Waals surface area contributed by atoms with Gasteiger partial charge in [0.25, 0.3) is 0 Å². The van der Waals surface area contributed by atoms with E-state index >= 15 is 0 Å². The normalized spacial score (nSPS) is 10.7. The number of aryl methyl sites for hydroxylation is 3. The third-order valence-electron chi connectivity index (χ3n) is 3.75. The highest BCUT2D eigenvalue weighted by Crippen LogP contribution is 2.18. The molecule has 2 heterocycles. The summed E-state index contributed by atoms with van der Waals surface area (Å²) >= 11 is 0. The average molecular weight is 341 g/mol. The van der Waals surface area contributed by atoms with Crippen LogP contribution in [-0.4, -0.2) is 16.2 Å². The zero-order valence-corrected chi connectivity index (χ0v) is 14.3. The highest BCUT2D eigenvalue weighted by Gasteiger charge is 2.10. The lowest BCUT2D eigenvalue weighted by atomic mass is 10.1. The largest absolute Gasteiger partial charge is 0.489 e. The predicted molar refractivity (Wildman–Crippen MR) is 90.3 cm³/mol. The fraction of sp³-hybridized carbons (Fsp3) is 0.278. The number of hydrogen-bond donors (Lipinski definition) is 1. The van der Waals surface area contributed by atoms with Crippen LogP contribution in [0.3, 0.4) is 0 Å². The summed E-state index contributed by atoms with van der Waals surface area (Å²) in [5.41, 5.74) is 2.66. The third-order valence-corrected chi connectivity index (χ3v) is 3.75. The maximum Gasteiger partial charge on any atom is 0.230 e. The van der Waals surface area contributed by atoms with Gasteiger partial charge in [0, 0.05) is 6.07 Å². The zero-order valence-electron chi connectivity index (χ0n) is 14.3. The Morgan fingerprint density at radius 3 is 2.48 bits per heavy atom. The molecule has 1 aromatic carbocycles. The van der Waals surface area contributed by atoms with Gasteiger partial charge in [0.2, 0.25) is 5.91 Å². The first kappa shape index (κ1) is 16.8. The van der Waals surface area contributed by atoms with Crippen LogP contribution in [0.5, 0.6) is 5.75 Å². The molecular formula is C18H19N3O4. The highest BCUT2D eigenvalue weighted by atomic mass is 16.5. The van der Waals surface area contributed by atoms with Crippen molar-refractivity contribution >= 4 is 11.7 Å². The predicted octanol–water partition coefficient (Wildman–Crippen LogP) is 3.35. The lowest BCUT2D eigenvalue weighted by Crippen LogP contribution is -2.14. The quantitative estimate of drug-likeness (QED) is 0.739. The van der Waals surface area contributed by atoms with E-state index in [9.17, 15) is 4.79 Å². The molecule has 7 nitrogen and oxygen atoms in total. The number of carbonyl (C=O) groups is 1. The van der Waals surface area contributed by atoms with E-state index in [0.29, 0.717) is 18.2 Å². The molecule has 0 radical (unpaired) electrons. The Morgan fingerprint density at radius 1 is 1.12 bits per heavy atom. The van der Waals surface area contributed by atoms with Crippen molar-refractivity contribution in [3.05, 3.63) is 58.7 Å². The van der Waals surface area contributed by atoms with Crippen molar-refractivity contribution in [2.45, 2.75) is 33.8 Å². The molecule has 7 heteroatoms. The Labute approximate surface area is 144 Å². The van der Waals surface area contributed by atoms with Crippen LogP contribution in [0.2, 0.25) is 0 Å². The van der Waals surface area contributed by atoms with E-state index in [1.165, 1.54) is 0 Å². The van der Waals surface area contributed by atoms with Gasteiger partial charge < -0.3 is 19.1 Å². The molecule has 0 bridgehead atoms. The molecule has 3 rings (SSSR count). The van der Waals surface area contributed by atoms with Gasteiger partial charge in [-0.2, -0.15) is 0 Å². The Balaban J connectivity index is 1.54. The van der Waals surface area contributed by atoms with Gasteiger partial charge in [0.05, 0.1) is 17.7 Å². The maximum absolute atomic E-state index is 12.0. The van der Waals surface area contributed by atoms with Gasteiger partial charge in [-0.15, -0.1) is 0 Å². The van der Waals surface area contributed by atoms with E-state index in [1.54, 1.807) is 13.0 Å². The van der Waals surface area contributed by atoms with Crippen molar-refractivity contribution in [2.75, 3.05) is 5.32 Å². The molecule has 25 heavy (non-hydrogen) atoms. The number of ether oxygens (including phenoxy) is 1. The highest BCUT2D eigenvalue weighted by molar-refractivity contribution is 5.91. The molecule has 0 saturated heterocycles. The van der Waals surface area contributed by atoms with Crippen LogP contribution in [0.15, 0.2) is 39.4 Å². The molecule has 0 atom stereocenters. The van der Waals surface area contributed by atoms with Crippen LogP contribution in [0, 0.1) is 20.8 Å². The number of benzene rings is 1. The van der Waals surface area contributed by atoms with Gasteiger partial charge in [-0.05, 0) is 38.5 Å². The summed E-state index contributed by atoms with van der Waals surface area (Å²) in [6.07, 6.45) is 0.246. The molecule has 0 aliphatic rings. The summed E-state index contributed by atoms with van der Waals surface area (Å²) < 4.78 is 15.8. The van der Waals surface area contributed by atoms with Gasteiger partial charge in [0.15, 0.2) is 5.82 Å².